The van der Waals surface area contributed by atoms with E-state index in [9.17, 15) is 14.0 Å². The smallest absolute Gasteiger partial charge is 0.237 e. The van der Waals surface area contributed by atoms with Crippen molar-refractivity contribution in [1.82, 2.24) is 15.5 Å². The van der Waals surface area contributed by atoms with Crippen molar-refractivity contribution in [2.75, 3.05) is 13.1 Å². The zero-order valence-electron chi connectivity index (χ0n) is 15.7. The Morgan fingerprint density at radius 3 is 2.82 bits per heavy atom. The molecule has 3 rings (SSSR count). The number of nitrogens with one attached hydrogen (secondary N) is 2. The third-order valence-electron chi connectivity index (χ3n) is 4.98. The summed E-state index contributed by atoms with van der Waals surface area (Å²) < 4.78 is 14.1. The molecule has 2 amide bonds. The van der Waals surface area contributed by atoms with E-state index in [1.54, 1.807) is 17.0 Å². The normalized spacial score (nSPS) is 17.2. The summed E-state index contributed by atoms with van der Waals surface area (Å²) in [5, 5.41) is 5.96. The zero-order valence-corrected chi connectivity index (χ0v) is 16.4. The van der Waals surface area contributed by atoms with E-state index in [1.807, 2.05) is 31.2 Å². The van der Waals surface area contributed by atoms with Crippen LogP contribution in [0.4, 0.5) is 4.39 Å². The van der Waals surface area contributed by atoms with Gasteiger partial charge in [0.25, 0.3) is 0 Å². The van der Waals surface area contributed by atoms with Crippen LogP contribution in [0.15, 0.2) is 42.5 Å². The molecule has 2 N–H and O–H groups in total. The summed E-state index contributed by atoms with van der Waals surface area (Å²) in [5.41, 5.74) is 2.46. The number of amides is 2. The Morgan fingerprint density at radius 1 is 1.29 bits per heavy atom. The quantitative estimate of drug-likeness (QED) is 0.779. The van der Waals surface area contributed by atoms with Crippen molar-refractivity contribution in [2.24, 2.45) is 0 Å². The van der Waals surface area contributed by atoms with E-state index in [-0.39, 0.29) is 24.8 Å². The van der Waals surface area contributed by atoms with Gasteiger partial charge in [-0.2, -0.15) is 0 Å². The first kappa shape index (κ1) is 20.3. The number of carbonyl (C=O) groups excluding carboxylic acids is 2. The Bertz CT molecular complexity index is 854. The second-order valence-corrected chi connectivity index (χ2v) is 7.29. The second-order valence-electron chi connectivity index (χ2n) is 6.88. The summed E-state index contributed by atoms with van der Waals surface area (Å²) in [6.07, 6.45) is 0.00376. The van der Waals surface area contributed by atoms with Gasteiger partial charge < -0.3 is 10.6 Å². The van der Waals surface area contributed by atoms with E-state index in [0.29, 0.717) is 30.2 Å². The first-order valence-electron chi connectivity index (χ1n) is 9.21. The number of hydrogen-bond donors (Lipinski definition) is 2. The van der Waals surface area contributed by atoms with Gasteiger partial charge in [0.2, 0.25) is 11.8 Å². The molecule has 7 heteroatoms. The van der Waals surface area contributed by atoms with E-state index in [1.165, 1.54) is 6.07 Å². The lowest BCUT2D eigenvalue weighted by Gasteiger charge is -2.35. The molecule has 1 saturated heterocycles. The third-order valence-corrected chi connectivity index (χ3v) is 5.33. The molecule has 1 fully saturated rings. The minimum absolute atomic E-state index is 0.00376. The van der Waals surface area contributed by atoms with Gasteiger partial charge in [0.05, 0.1) is 12.5 Å². The monoisotopic (exact) mass is 403 g/mol. The van der Waals surface area contributed by atoms with Crippen molar-refractivity contribution in [3.05, 3.63) is 70.0 Å². The fraction of sp³-hybridized carbons (Fsp3) is 0.333. The maximum Gasteiger partial charge on any atom is 0.237 e. The van der Waals surface area contributed by atoms with E-state index < -0.39 is 11.9 Å². The minimum atomic E-state index is -0.665. The molecule has 1 heterocycles. The Balaban J connectivity index is 1.66. The summed E-state index contributed by atoms with van der Waals surface area (Å²) in [6.45, 7) is 3.53. The minimum Gasteiger partial charge on any atom is -0.353 e. The van der Waals surface area contributed by atoms with E-state index in [2.05, 4.69) is 10.6 Å². The maximum absolute atomic E-state index is 14.1. The van der Waals surface area contributed by atoms with Crippen LogP contribution in [0, 0.1) is 12.7 Å². The predicted molar refractivity (Wildman–Crippen MR) is 106 cm³/mol. The Morgan fingerprint density at radius 2 is 2.07 bits per heavy atom. The van der Waals surface area contributed by atoms with Gasteiger partial charge in [-0.3, -0.25) is 14.5 Å². The summed E-state index contributed by atoms with van der Waals surface area (Å²) in [6, 6.07) is 11.6. The molecule has 1 aliphatic rings. The van der Waals surface area contributed by atoms with Crippen LogP contribution in [-0.2, 0) is 22.7 Å². The highest BCUT2D eigenvalue weighted by Gasteiger charge is 2.32. The molecule has 0 saturated carbocycles. The van der Waals surface area contributed by atoms with Crippen LogP contribution in [0.3, 0.4) is 0 Å². The highest BCUT2D eigenvalue weighted by Crippen LogP contribution is 2.23. The average molecular weight is 404 g/mol. The van der Waals surface area contributed by atoms with Crippen LogP contribution in [0.25, 0.3) is 0 Å². The molecular formula is C21H23ClFN3O2. The number of benzene rings is 2. The molecule has 0 bridgehead atoms. The number of nitrogens with zero attached hydrogens (tertiary/aromatic N) is 1. The molecule has 0 aliphatic carbocycles. The molecule has 5 nitrogen and oxygen atoms in total. The van der Waals surface area contributed by atoms with Gasteiger partial charge in [-0.25, -0.2) is 4.39 Å². The summed E-state index contributed by atoms with van der Waals surface area (Å²) in [7, 11) is 0. The van der Waals surface area contributed by atoms with Gasteiger partial charge in [-0.05, 0) is 30.2 Å². The van der Waals surface area contributed by atoms with Gasteiger partial charge in [-0.1, -0.05) is 41.9 Å². The van der Waals surface area contributed by atoms with Gasteiger partial charge >= 0.3 is 0 Å². The van der Waals surface area contributed by atoms with Crippen LogP contribution >= 0.6 is 11.6 Å². The lowest BCUT2D eigenvalue weighted by atomic mass is 10.1. The zero-order chi connectivity index (χ0) is 20.1. The first-order valence-corrected chi connectivity index (χ1v) is 9.59. The van der Waals surface area contributed by atoms with E-state index in [4.69, 9.17) is 11.6 Å². The molecule has 0 aromatic heterocycles. The van der Waals surface area contributed by atoms with Crippen molar-refractivity contribution < 1.29 is 14.0 Å². The Labute approximate surface area is 168 Å². The molecule has 148 valence electrons. The van der Waals surface area contributed by atoms with Crippen molar-refractivity contribution in [3.63, 3.8) is 0 Å². The molecule has 2 aromatic rings. The topological polar surface area (TPSA) is 61.4 Å². The van der Waals surface area contributed by atoms with Gasteiger partial charge in [0.15, 0.2) is 0 Å². The number of hydrogen-bond acceptors (Lipinski definition) is 3. The average Bonchev–Trinajstić information content (AvgIpc) is 2.66. The summed E-state index contributed by atoms with van der Waals surface area (Å²) >= 11 is 6.12. The van der Waals surface area contributed by atoms with Crippen molar-refractivity contribution >= 4 is 23.4 Å². The van der Waals surface area contributed by atoms with E-state index >= 15 is 0 Å². The lowest BCUT2D eigenvalue weighted by molar-refractivity contribution is -0.134. The number of piperazine rings is 1. The third kappa shape index (κ3) is 4.88. The maximum atomic E-state index is 14.1. The first-order chi connectivity index (χ1) is 13.5. The number of halogens is 2. The van der Waals surface area contributed by atoms with Crippen molar-refractivity contribution in [3.8, 4) is 0 Å². The molecule has 0 radical (unpaired) electrons. The molecule has 28 heavy (non-hydrogen) atoms. The standard InChI is InChI=1S/C21H23ClFN3O2/c1-14-5-2-3-6-15(14)12-25-20(27)11-19-21(28)24-9-10-26(19)13-16-17(22)7-4-8-18(16)23/h2-8,19H,9-13H2,1H3,(H,24,28)(H,25,27)/t19-/m1/s1. The second kappa shape index (κ2) is 9.17. The highest BCUT2D eigenvalue weighted by atomic mass is 35.5. The Kier molecular flexibility index (Phi) is 6.65. The predicted octanol–water partition coefficient (Wildman–Crippen LogP) is 2.79. The Hall–Kier alpha value is -2.44. The summed E-state index contributed by atoms with van der Waals surface area (Å²) in [4.78, 5) is 26.6. The molecule has 0 spiro atoms. The molecule has 2 aromatic carbocycles. The van der Waals surface area contributed by atoms with Crippen molar-refractivity contribution in [2.45, 2.75) is 32.5 Å². The number of rotatable bonds is 6. The molecular weight excluding hydrogens is 381 g/mol. The lowest BCUT2D eigenvalue weighted by Crippen LogP contribution is -2.56. The molecule has 0 unspecified atom stereocenters. The number of carbonyl (C=O) groups is 2. The largest absolute Gasteiger partial charge is 0.353 e. The van der Waals surface area contributed by atoms with Gasteiger partial charge in [0.1, 0.15) is 5.82 Å². The molecule has 1 atom stereocenters. The molecule has 1 aliphatic heterocycles. The highest BCUT2D eigenvalue weighted by molar-refractivity contribution is 6.31. The SMILES string of the molecule is Cc1ccccc1CNC(=O)C[C@@H]1C(=O)NCCN1Cc1c(F)cccc1Cl. The van der Waals surface area contributed by atoms with E-state index in [0.717, 1.165) is 11.1 Å². The number of aryl methyl sites for hydroxylation is 1. The fourth-order valence-electron chi connectivity index (χ4n) is 3.31. The van der Waals surface area contributed by atoms with Crippen LogP contribution in [-0.4, -0.2) is 35.8 Å². The summed E-state index contributed by atoms with van der Waals surface area (Å²) in [5.74, 6) is -0.874. The fourth-order valence-corrected chi connectivity index (χ4v) is 3.53. The van der Waals surface area contributed by atoms with Crippen LogP contribution in [0.1, 0.15) is 23.1 Å². The van der Waals surface area contributed by atoms with Crippen LogP contribution in [0.5, 0.6) is 0 Å². The van der Waals surface area contributed by atoms with Gasteiger partial charge in [0, 0.05) is 36.8 Å². The van der Waals surface area contributed by atoms with Crippen molar-refractivity contribution in [1.29, 1.82) is 0 Å². The van der Waals surface area contributed by atoms with Crippen LogP contribution in [0.2, 0.25) is 5.02 Å². The van der Waals surface area contributed by atoms with Crippen LogP contribution < -0.4 is 10.6 Å². The van der Waals surface area contributed by atoms with Gasteiger partial charge in [-0.15, -0.1) is 0 Å².